The van der Waals surface area contributed by atoms with Gasteiger partial charge in [0.15, 0.2) is 0 Å². The number of benzene rings is 1. The quantitative estimate of drug-likeness (QED) is 0.879. The van der Waals surface area contributed by atoms with Crippen LogP contribution in [0.1, 0.15) is 44.5 Å². The van der Waals surface area contributed by atoms with Crippen LogP contribution in [0.5, 0.6) is 0 Å². The summed E-state index contributed by atoms with van der Waals surface area (Å²) in [5.41, 5.74) is 1.93. The van der Waals surface area contributed by atoms with E-state index in [0.29, 0.717) is 0 Å². The lowest BCUT2D eigenvalue weighted by atomic mass is 9.96. The molecule has 3 nitrogen and oxygen atoms in total. The lowest BCUT2D eigenvalue weighted by Gasteiger charge is -2.26. The summed E-state index contributed by atoms with van der Waals surface area (Å²) in [5, 5.41) is 3.30. The summed E-state index contributed by atoms with van der Waals surface area (Å²) in [6.45, 7) is 10.2. The molecule has 3 heteroatoms. The van der Waals surface area contributed by atoms with E-state index in [0.717, 1.165) is 30.8 Å². The van der Waals surface area contributed by atoms with Gasteiger partial charge in [-0.05, 0) is 36.1 Å². The van der Waals surface area contributed by atoms with E-state index in [1.54, 1.807) is 4.90 Å². The van der Waals surface area contributed by atoms with Crippen LogP contribution in [0.4, 0.5) is 5.69 Å². The van der Waals surface area contributed by atoms with Crippen LogP contribution >= 0.6 is 0 Å². The summed E-state index contributed by atoms with van der Waals surface area (Å²) in [7, 11) is 1.86. The fourth-order valence-corrected chi connectivity index (χ4v) is 2.00. The Hall–Kier alpha value is -1.51. The first-order valence-electron chi connectivity index (χ1n) is 6.93. The molecule has 0 saturated heterocycles. The molecule has 1 aromatic rings. The number of hydrogen-bond acceptors (Lipinski definition) is 2. The van der Waals surface area contributed by atoms with Gasteiger partial charge in [-0.1, -0.05) is 27.7 Å². The van der Waals surface area contributed by atoms with Gasteiger partial charge in [0.05, 0.1) is 0 Å². The van der Waals surface area contributed by atoms with Crippen molar-refractivity contribution in [2.24, 2.45) is 5.41 Å². The van der Waals surface area contributed by atoms with E-state index in [4.69, 9.17) is 0 Å². The van der Waals surface area contributed by atoms with E-state index in [9.17, 15) is 4.79 Å². The molecule has 0 unspecified atom stereocenters. The minimum Gasteiger partial charge on any atom is -0.385 e. The Labute approximate surface area is 117 Å². The van der Waals surface area contributed by atoms with Crippen LogP contribution in [0.3, 0.4) is 0 Å². The van der Waals surface area contributed by atoms with Crippen molar-refractivity contribution in [1.29, 1.82) is 0 Å². The monoisotopic (exact) mass is 262 g/mol. The van der Waals surface area contributed by atoms with E-state index in [1.165, 1.54) is 0 Å². The summed E-state index contributed by atoms with van der Waals surface area (Å²) in [4.78, 5) is 14.0. The van der Waals surface area contributed by atoms with Crippen molar-refractivity contribution in [3.8, 4) is 0 Å². The molecule has 0 radical (unpaired) electrons. The van der Waals surface area contributed by atoms with E-state index in [1.807, 2.05) is 31.3 Å². The highest BCUT2D eigenvalue weighted by atomic mass is 16.2. The van der Waals surface area contributed by atoms with Crippen LogP contribution in [-0.4, -0.2) is 30.9 Å². The van der Waals surface area contributed by atoms with Gasteiger partial charge in [-0.3, -0.25) is 4.79 Å². The summed E-state index contributed by atoms with van der Waals surface area (Å²) < 4.78 is 0. The van der Waals surface area contributed by atoms with Crippen LogP contribution in [0, 0.1) is 5.41 Å². The summed E-state index contributed by atoms with van der Waals surface area (Å²) in [6.07, 6.45) is 1.09. The van der Waals surface area contributed by atoms with Crippen LogP contribution in [0.15, 0.2) is 24.3 Å². The molecule has 0 aliphatic carbocycles. The maximum Gasteiger partial charge on any atom is 0.253 e. The average Bonchev–Trinajstić information content (AvgIpc) is 2.34. The summed E-state index contributed by atoms with van der Waals surface area (Å²) in [5.74, 6) is 0.0805. The van der Waals surface area contributed by atoms with E-state index < -0.39 is 0 Å². The van der Waals surface area contributed by atoms with Gasteiger partial charge < -0.3 is 10.2 Å². The van der Waals surface area contributed by atoms with Gasteiger partial charge in [-0.2, -0.15) is 0 Å². The van der Waals surface area contributed by atoms with E-state index in [-0.39, 0.29) is 11.3 Å². The number of carbonyl (C=O) groups excluding carboxylic acids is 1. The lowest BCUT2D eigenvalue weighted by molar-refractivity contribution is 0.0745. The maximum absolute atomic E-state index is 12.3. The molecule has 1 amide bonds. The Morgan fingerprint density at radius 1 is 1.21 bits per heavy atom. The largest absolute Gasteiger partial charge is 0.385 e. The van der Waals surface area contributed by atoms with Gasteiger partial charge in [0, 0.05) is 31.4 Å². The predicted molar refractivity (Wildman–Crippen MR) is 81.6 cm³/mol. The molecule has 0 spiro atoms. The van der Waals surface area contributed by atoms with Crippen LogP contribution in [0.25, 0.3) is 0 Å². The Kier molecular flexibility index (Phi) is 5.40. The SMILES string of the molecule is CCCNc1ccc(C(=O)N(C)CC(C)(C)C)cc1. The normalized spacial score (nSPS) is 11.2. The molecule has 1 rings (SSSR count). The standard InChI is InChI=1S/C16H26N2O/c1-6-11-17-14-9-7-13(8-10-14)15(19)18(5)12-16(2,3)4/h7-10,17H,6,11-12H2,1-5H3. The molecule has 0 heterocycles. The predicted octanol–water partition coefficient (Wildman–Crippen LogP) is 3.63. The first-order chi connectivity index (χ1) is 8.83. The fraction of sp³-hybridized carbons (Fsp3) is 0.562. The first kappa shape index (κ1) is 15.5. The van der Waals surface area contributed by atoms with Crippen molar-refractivity contribution < 1.29 is 4.79 Å². The molecule has 1 N–H and O–H groups in total. The van der Waals surface area contributed by atoms with Gasteiger partial charge in [0.1, 0.15) is 0 Å². The molecule has 1 aromatic carbocycles. The molecule has 106 valence electrons. The second-order valence-electron chi connectivity index (χ2n) is 6.23. The topological polar surface area (TPSA) is 32.3 Å². The molecule has 0 aromatic heterocycles. The molecule has 0 fully saturated rings. The molecular formula is C16H26N2O. The average molecular weight is 262 g/mol. The number of rotatable bonds is 5. The first-order valence-corrected chi connectivity index (χ1v) is 6.93. The molecule has 0 saturated carbocycles. The van der Waals surface area contributed by atoms with Crippen LogP contribution in [-0.2, 0) is 0 Å². The van der Waals surface area contributed by atoms with Crippen LogP contribution in [0.2, 0.25) is 0 Å². The van der Waals surface area contributed by atoms with Gasteiger partial charge in [0.2, 0.25) is 0 Å². The minimum absolute atomic E-state index is 0.0805. The van der Waals surface area contributed by atoms with Gasteiger partial charge in [0.25, 0.3) is 5.91 Å². The summed E-state index contributed by atoms with van der Waals surface area (Å²) in [6, 6.07) is 7.71. The van der Waals surface area contributed by atoms with Crippen LogP contribution < -0.4 is 5.32 Å². The zero-order valence-corrected chi connectivity index (χ0v) is 12.8. The Bertz CT molecular complexity index is 404. The van der Waals surface area contributed by atoms with E-state index >= 15 is 0 Å². The van der Waals surface area contributed by atoms with Crippen molar-refractivity contribution in [3.63, 3.8) is 0 Å². The maximum atomic E-state index is 12.3. The van der Waals surface area contributed by atoms with E-state index in [2.05, 4.69) is 33.0 Å². The third kappa shape index (κ3) is 5.33. The molecule has 19 heavy (non-hydrogen) atoms. The second kappa shape index (κ2) is 6.60. The highest BCUT2D eigenvalue weighted by Crippen LogP contribution is 2.17. The zero-order valence-electron chi connectivity index (χ0n) is 12.8. The second-order valence-corrected chi connectivity index (χ2v) is 6.23. The Morgan fingerprint density at radius 2 is 1.79 bits per heavy atom. The Balaban J connectivity index is 2.67. The number of anilines is 1. The summed E-state index contributed by atoms with van der Waals surface area (Å²) >= 11 is 0. The highest BCUT2D eigenvalue weighted by Gasteiger charge is 2.18. The molecule has 0 bridgehead atoms. The number of carbonyl (C=O) groups is 1. The Morgan fingerprint density at radius 3 is 2.26 bits per heavy atom. The number of nitrogens with zero attached hydrogens (tertiary/aromatic N) is 1. The molecule has 0 aliphatic rings. The molecular weight excluding hydrogens is 236 g/mol. The molecule has 0 aliphatic heterocycles. The third-order valence-corrected chi connectivity index (χ3v) is 2.77. The fourth-order valence-electron chi connectivity index (χ4n) is 2.00. The van der Waals surface area contributed by atoms with Gasteiger partial charge in [-0.25, -0.2) is 0 Å². The number of nitrogens with one attached hydrogen (secondary N) is 1. The number of amides is 1. The van der Waals surface area contributed by atoms with Gasteiger partial charge >= 0.3 is 0 Å². The van der Waals surface area contributed by atoms with Crippen molar-refractivity contribution >= 4 is 11.6 Å². The smallest absolute Gasteiger partial charge is 0.253 e. The lowest BCUT2D eigenvalue weighted by Crippen LogP contribution is -2.34. The highest BCUT2D eigenvalue weighted by molar-refractivity contribution is 5.94. The van der Waals surface area contributed by atoms with Crippen molar-refractivity contribution in [2.45, 2.75) is 34.1 Å². The van der Waals surface area contributed by atoms with Crippen molar-refractivity contribution in [3.05, 3.63) is 29.8 Å². The number of hydrogen-bond donors (Lipinski definition) is 1. The van der Waals surface area contributed by atoms with Gasteiger partial charge in [-0.15, -0.1) is 0 Å². The minimum atomic E-state index is 0.0805. The van der Waals surface area contributed by atoms with Crippen molar-refractivity contribution in [2.75, 3.05) is 25.5 Å². The molecule has 0 atom stereocenters. The third-order valence-electron chi connectivity index (χ3n) is 2.77. The van der Waals surface area contributed by atoms with Crippen molar-refractivity contribution in [1.82, 2.24) is 4.90 Å². The zero-order chi connectivity index (χ0) is 14.5.